The zero-order chi connectivity index (χ0) is 20.3. The van der Waals surface area contributed by atoms with E-state index in [4.69, 9.17) is 0 Å². The maximum Gasteiger partial charge on any atom is 0.0952 e. The van der Waals surface area contributed by atoms with Gasteiger partial charge < -0.3 is 0 Å². The van der Waals surface area contributed by atoms with Gasteiger partial charge in [-0.05, 0) is 55.3 Å². The lowest BCUT2D eigenvalue weighted by Crippen LogP contribution is -1.96. The second-order valence-electron chi connectivity index (χ2n) is 6.35. The third kappa shape index (κ3) is 3.75. The number of halogens is 8. The van der Waals surface area contributed by atoms with Crippen LogP contribution >= 0.6 is 127 Å². The van der Waals surface area contributed by atoms with Crippen molar-refractivity contribution in [3.05, 3.63) is 58.7 Å². The van der Waals surface area contributed by atoms with E-state index in [0.717, 1.165) is 0 Å². The van der Waals surface area contributed by atoms with Gasteiger partial charge in [-0.25, -0.2) is 0 Å². The number of hydrogen-bond donors (Lipinski definition) is 0. The number of hydrogen-bond acceptors (Lipinski definition) is 0. The van der Waals surface area contributed by atoms with E-state index in [1.165, 1.54) is 55.3 Å². The highest BCUT2D eigenvalue weighted by Gasteiger charge is 2.34. The molecule has 3 aromatic carbocycles. The number of alkyl halides is 8. The topological polar surface area (TPSA) is 0 Å². The Balaban J connectivity index is 2.29. The summed E-state index contributed by atoms with van der Waals surface area (Å²) in [6, 6.07) is 13.2. The minimum absolute atomic E-state index is 0.0561. The van der Waals surface area contributed by atoms with Crippen LogP contribution < -0.4 is 0 Å². The molecule has 0 N–H and O–H groups in total. The highest BCUT2D eigenvalue weighted by Crippen LogP contribution is 2.60. The first-order valence-electron chi connectivity index (χ1n) is 8.13. The van der Waals surface area contributed by atoms with Gasteiger partial charge in [0.1, 0.15) is 0 Å². The normalized spacial score (nSPS) is 12.9. The van der Waals surface area contributed by atoms with Crippen molar-refractivity contribution in [2.75, 3.05) is 0 Å². The third-order valence-corrected chi connectivity index (χ3v) is 8.91. The number of rotatable bonds is 4. The molecular weight excluding hydrogens is 879 g/mol. The Hall–Kier alpha value is 1.76. The highest BCUT2D eigenvalue weighted by atomic mass is 79.9. The first-order valence-corrected chi connectivity index (χ1v) is 15.5. The monoisotopic (exact) mass is 881 g/mol. The Bertz CT molecular complexity index is 1000. The predicted molar refractivity (Wildman–Crippen MR) is 151 cm³/mol. The molecule has 0 atom stereocenters. The summed E-state index contributed by atoms with van der Waals surface area (Å²) >= 11 is 30.0. The largest absolute Gasteiger partial charge is 0.0952 e. The molecule has 1 aliphatic rings. The van der Waals surface area contributed by atoms with E-state index < -0.39 is 0 Å². The van der Waals surface area contributed by atoms with Crippen molar-refractivity contribution in [1.29, 1.82) is 0 Å². The average molecular weight is 890 g/mol. The molecule has 1 aliphatic carbocycles. The number of benzene rings is 3. The predicted octanol–water partition coefficient (Wildman–Crippen LogP) is 11.6. The van der Waals surface area contributed by atoms with Gasteiger partial charge in [0.25, 0.3) is 0 Å². The summed E-state index contributed by atoms with van der Waals surface area (Å²) in [5, 5.41) is 2.54. The van der Waals surface area contributed by atoms with Crippen LogP contribution in [0.4, 0.5) is 0 Å². The van der Waals surface area contributed by atoms with E-state index in [2.05, 4.69) is 164 Å². The Labute approximate surface area is 231 Å². The molecule has 3 aromatic rings. The number of fused-ring (bicyclic) bond motifs is 3. The Morgan fingerprint density at radius 1 is 0.393 bits per heavy atom. The van der Waals surface area contributed by atoms with Crippen LogP contribution in [0.2, 0.25) is 0 Å². The fourth-order valence-electron chi connectivity index (χ4n) is 3.89. The van der Waals surface area contributed by atoms with E-state index in [9.17, 15) is 0 Å². The molecule has 0 nitrogen and oxygen atoms in total. The summed E-state index contributed by atoms with van der Waals surface area (Å²) in [5.41, 5.74) is 10.00. The molecule has 4 rings (SSSR count). The molecule has 0 aromatic heterocycles. The molecule has 0 saturated carbocycles. The van der Waals surface area contributed by atoms with Crippen molar-refractivity contribution in [3.8, 4) is 22.3 Å². The molecule has 0 heterocycles. The molecular formula is C20H10Br8. The van der Waals surface area contributed by atoms with Crippen LogP contribution in [0, 0.1) is 0 Å². The summed E-state index contributed by atoms with van der Waals surface area (Å²) in [4.78, 5) is 0. The van der Waals surface area contributed by atoms with Crippen LogP contribution in [-0.4, -0.2) is 0 Å². The fraction of sp³-hybridized carbons (Fsp3) is 0.200. The van der Waals surface area contributed by atoms with E-state index in [0.29, 0.717) is 0 Å². The van der Waals surface area contributed by atoms with Crippen LogP contribution in [0.3, 0.4) is 0 Å². The van der Waals surface area contributed by atoms with E-state index >= 15 is 0 Å². The zero-order valence-corrected chi connectivity index (χ0v) is 26.5. The van der Waals surface area contributed by atoms with Gasteiger partial charge in [-0.15, -0.1) is 0 Å². The van der Waals surface area contributed by atoms with Crippen molar-refractivity contribution in [1.82, 2.24) is 0 Å². The van der Waals surface area contributed by atoms with Crippen LogP contribution in [0.15, 0.2) is 36.4 Å². The smallest absolute Gasteiger partial charge is 0.0712 e. The Morgan fingerprint density at radius 3 is 1.00 bits per heavy atom. The SMILES string of the molecule is BrC(Br)c1ccc(C(Br)Br)c2c1-c1c(C(Br)Br)ccc3ccc(C(Br)Br)c-2c13. The standard InChI is InChI=1S/C20H10Br8/c21-17(22)8-3-1-7-2-4-9(18(23)24)14-12(7)13(8)15-10(19(25)26)5-6-11(16(14)15)20(27)28/h1-6,17-20H. The first-order chi connectivity index (χ1) is 13.2. The summed E-state index contributed by atoms with van der Waals surface area (Å²) in [5.74, 6) is 0. The summed E-state index contributed by atoms with van der Waals surface area (Å²) in [7, 11) is 0. The Kier molecular flexibility index (Phi) is 7.33. The Morgan fingerprint density at radius 2 is 0.679 bits per heavy atom. The van der Waals surface area contributed by atoms with Crippen LogP contribution in [-0.2, 0) is 0 Å². The maximum atomic E-state index is 3.75. The van der Waals surface area contributed by atoms with Gasteiger partial charge in [0.15, 0.2) is 0 Å². The molecule has 0 saturated heterocycles. The minimum atomic E-state index is 0.0561. The van der Waals surface area contributed by atoms with Gasteiger partial charge in [-0.3, -0.25) is 0 Å². The van der Waals surface area contributed by atoms with Crippen molar-refractivity contribution in [2.24, 2.45) is 0 Å². The molecule has 0 fully saturated rings. The maximum absolute atomic E-state index is 3.75. The zero-order valence-electron chi connectivity index (χ0n) is 13.8. The second-order valence-corrected chi connectivity index (χ2v) is 18.6. The van der Waals surface area contributed by atoms with Crippen LogP contribution in [0.1, 0.15) is 37.2 Å². The van der Waals surface area contributed by atoms with Gasteiger partial charge in [-0.1, -0.05) is 164 Å². The van der Waals surface area contributed by atoms with Gasteiger partial charge >= 0.3 is 0 Å². The molecule has 0 amide bonds. The van der Waals surface area contributed by atoms with Crippen LogP contribution in [0.25, 0.3) is 33.0 Å². The molecule has 0 bridgehead atoms. The molecule has 0 spiro atoms. The molecule has 28 heavy (non-hydrogen) atoms. The fourth-order valence-corrected chi connectivity index (χ4v) is 6.94. The lowest BCUT2D eigenvalue weighted by molar-refractivity contribution is 1.34. The highest BCUT2D eigenvalue weighted by molar-refractivity contribution is 9.25. The summed E-state index contributed by atoms with van der Waals surface area (Å²) in [6.07, 6.45) is 0. The minimum Gasteiger partial charge on any atom is -0.0712 e. The average Bonchev–Trinajstić information content (AvgIpc) is 2.98. The van der Waals surface area contributed by atoms with E-state index in [-0.39, 0.29) is 14.9 Å². The second kappa shape index (κ2) is 8.95. The van der Waals surface area contributed by atoms with Gasteiger partial charge in [0.2, 0.25) is 0 Å². The first kappa shape index (κ1) is 22.9. The molecule has 0 radical (unpaired) electrons. The van der Waals surface area contributed by atoms with Crippen molar-refractivity contribution in [3.63, 3.8) is 0 Å². The van der Waals surface area contributed by atoms with Crippen molar-refractivity contribution >= 4 is 138 Å². The third-order valence-electron chi connectivity index (χ3n) is 4.96. The summed E-state index contributed by atoms with van der Waals surface area (Å²) in [6.45, 7) is 0. The van der Waals surface area contributed by atoms with Crippen LogP contribution in [0.5, 0.6) is 0 Å². The van der Waals surface area contributed by atoms with Gasteiger partial charge in [0.05, 0.1) is 14.9 Å². The lowest BCUT2D eigenvalue weighted by atomic mass is 9.93. The van der Waals surface area contributed by atoms with Gasteiger partial charge in [0, 0.05) is 0 Å². The lowest BCUT2D eigenvalue weighted by Gasteiger charge is -2.19. The molecule has 0 unspecified atom stereocenters. The molecule has 8 heteroatoms. The van der Waals surface area contributed by atoms with Crippen molar-refractivity contribution in [2.45, 2.75) is 14.9 Å². The quantitative estimate of drug-likeness (QED) is 0.179. The van der Waals surface area contributed by atoms with E-state index in [1.54, 1.807) is 0 Å². The van der Waals surface area contributed by atoms with E-state index in [1.807, 2.05) is 0 Å². The molecule has 0 aliphatic heterocycles. The summed E-state index contributed by atoms with van der Waals surface area (Å²) < 4.78 is 0.242. The molecule has 146 valence electrons. The van der Waals surface area contributed by atoms with Gasteiger partial charge in [-0.2, -0.15) is 0 Å². The van der Waals surface area contributed by atoms with Crippen molar-refractivity contribution < 1.29 is 0 Å².